The third-order valence-corrected chi connectivity index (χ3v) is 3.55. The minimum Gasteiger partial charge on any atom is -0.366 e. The van der Waals surface area contributed by atoms with Crippen LogP contribution in [0.1, 0.15) is 5.56 Å². The summed E-state index contributed by atoms with van der Waals surface area (Å²) >= 11 is 0. The predicted molar refractivity (Wildman–Crippen MR) is 90.3 cm³/mol. The Morgan fingerprint density at radius 2 is 2.00 bits per heavy atom. The van der Waals surface area contributed by atoms with Crippen molar-refractivity contribution in [2.24, 2.45) is 0 Å². The lowest BCUT2D eigenvalue weighted by Crippen LogP contribution is -2.50. The first-order chi connectivity index (χ1) is 10.2. The van der Waals surface area contributed by atoms with Gasteiger partial charge >= 0.3 is 0 Å². The molecule has 6 heteroatoms. The van der Waals surface area contributed by atoms with Gasteiger partial charge in [-0.05, 0) is 19.7 Å². The summed E-state index contributed by atoms with van der Waals surface area (Å²) in [6.07, 6.45) is -0.357. The number of nitrogens with zero attached hydrogens (tertiary/aromatic N) is 2. The molecule has 1 atom stereocenters. The number of benzene rings is 1. The second kappa shape index (κ2) is 9.79. The number of nitrogens with one attached hydrogen (secondary N) is 1. The summed E-state index contributed by atoms with van der Waals surface area (Å²) in [5.41, 5.74) is 1.15. The van der Waals surface area contributed by atoms with Crippen LogP contribution in [0.15, 0.2) is 30.3 Å². The fraction of sp³-hybridized carbons (Fsp3) is 0.562. The van der Waals surface area contributed by atoms with Crippen LogP contribution in [0.3, 0.4) is 0 Å². The van der Waals surface area contributed by atoms with Gasteiger partial charge in [0.2, 0.25) is 0 Å². The molecule has 2 rings (SSSR count). The number of rotatable bonds is 6. The van der Waals surface area contributed by atoms with Crippen LogP contribution in [0, 0.1) is 0 Å². The van der Waals surface area contributed by atoms with Crippen LogP contribution in [0.2, 0.25) is 0 Å². The van der Waals surface area contributed by atoms with Gasteiger partial charge in [0.25, 0.3) is 5.91 Å². The van der Waals surface area contributed by atoms with Gasteiger partial charge in [0.1, 0.15) is 6.10 Å². The summed E-state index contributed by atoms with van der Waals surface area (Å²) < 4.78 is 5.60. The molecular formula is C16H26ClN3O2. The Kier molecular flexibility index (Phi) is 8.42. The van der Waals surface area contributed by atoms with E-state index in [9.17, 15) is 4.79 Å². The molecule has 124 valence electrons. The molecule has 1 N–H and O–H groups in total. The van der Waals surface area contributed by atoms with Crippen molar-refractivity contribution in [3.8, 4) is 0 Å². The smallest absolute Gasteiger partial charge is 0.253 e. The van der Waals surface area contributed by atoms with E-state index in [4.69, 9.17) is 4.74 Å². The van der Waals surface area contributed by atoms with E-state index < -0.39 is 0 Å². The van der Waals surface area contributed by atoms with E-state index >= 15 is 0 Å². The maximum absolute atomic E-state index is 12.7. The highest BCUT2D eigenvalue weighted by Crippen LogP contribution is 2.09. The van der Waals surface area contributed by atoms with Crippen molar-refractivity contribution in [1.82, 2.24) is 15.1 Å². The predicted octanol–water partition coefficient (Wildman–Crippen LogP) is 0.987. The van der Waals surface area contributed by atoms with Crippen LogP contribution in [-0.4, -0.2) is 68.7 Å². The second-order valence-corrected chi connectivity index (χ2v) is 5.61. The van der Waals surface area contributed by atoms with Crippen molar-refractivity contribution >= 4 is 18.3 Å². The summed E-state index contributed by atoms with van der Waals surface area (Å²) in [5.74, 6) is 0.0768. The molecule has 1 aromatic carbocycles. The van der Waals surface area contributed by atoms with E-state index in [1.54, 1.807) is 0 Å². The zero-order valence-electron chi connectivity index (χ0n) is 13.3. The summed E-state index contributed by atoms with van der Waals surface area (Å²) in [5, 5.41) is 3.22. The van der Waals surface area contributed by atoms with E-state index in [0.717, 1.165) is 18.7 Å². The topological polar surface area (TPSA) is 44.8 Å². The van der Waals surface area contributed by atoms with Crippen molar-refractivity contribution in [2.75, 3.05) is 46.9 Å². The van der Waals surface area contributed by atoms with Gasteiger partial charge in [0.05, 0.1) is 6.61 Å². The molecule has 1 amide bonds. The Labute approximate surface area is 139 Å². The Hall–Kier alpha value is -1.14. The molecule has 5 nitrogen and oxygen atoms in total. The van der Waals surface area contributed by atoms with E-state index in [0.29, 0.717) is 26.2 Å². The number of morpholine rings is 1. The fourth-order valence-corrected chi connectivity index (χ4v) is 2.32. The molecule has 22 heavy (non-hydrogen) atoms. The van der Waals surface area contributed by atoms with Crippen molar-refractivity contribution in [3.05, 3.63) is 35.9 Å². The summed E-state index contributed by atoms with van der Waals surface area (Å²) in [7, 11) is 4.04. The standard InChI is InChI=1S/C16H25N3O2.ClH/c1-18(2)9-10-19(13-14-6-4-3-5-7-14)16(20)15-12-17-8-11-21-15;/h3-7,15,17H,8-13H2,1-2H3;1H. The molecule has 1 fully saturated rings. The Balaban J connectivity index is 0.00000242. The third kappa shape index (κ3) is 5.93. The van der Waals surface area contributed by atoms with Gasteiger partial charge < -0.3 is 19.9 Å². The number of carbonyl (C=O) groups excluding carboxylic acids is 1. The zero-order valence-corrected chi connectivity index (χ0v) is 14.1. The quantitative estimate of drug-likeness (QED) is 0.846. The van der Waals surface area contributed by atoms with Gasteiger partial charge in [-0.3, -0.25) is 4.79 Å². The first-order valence-electron chi connectivity index (χ1n) is 7.46. The summed E-state index contributed by atoms with van der Waals surface area (Å²) in [6.45, 7) is 4.21. The van der Waals surface area contributed by atoms with Gasteiger partial charge in [-0.25, -0.2) is 0 Å². The maximum Gasteiger partial charge on any atom is 0.253 e. The van der Waals surface area contributed by atoms with Gasteiger partial charge in [-0.15, -0.1) is 12.4 Å². The van der Waals surface area contributed by atoms with Crippen LogP contribution in [0.25, 0.3) is 0 Å². The molecule has 1 unspecified atom stereocenters. The summed E-state index contributed by atoms with van der Waals surface area (Å²) in [4.78, 5) is 16.6. The van der Waals surface area contributed by atoms with E-state index in [-0.39, 0.29) is 24.4 Å². The van der Waals surface area contributed by atoms with Gasteiger partial charge in [-0.1, -0.05) is 30.3 Å². The van der Waals surface area contributed by atoms with Gasteiger partial charge in [-0.2, -0.15) is 0 Å². The SMILES string of the molecule is CN(C)CCN(Cc1ccccc1)C(=O)C1CNCCO1.Cl. The van der Waals surface area contributed by atoms with Crippen LogP contribution in [0.5, 0.6) is 0 Å². The van der Waals surface area contributed by atoms with Crippen LogP contribution >= 0.6 is 12.4 Å². The van der Waals surface area contributed by atoms with Crippen LogP contribution in [0.4, 0.5) is 0 Å². The lowest BCUT2D eigenvalue weighted by molar-refractivity contribution is -0.146. The lowest BCUT2D eigenvalue weighted by Gasteiger charge is -2.30. The molecular weight excluding hydrogens is 302 g/mol. The number of amides is 1. The molecule has 0 aromatic heterocycles. The monoisotopic (exact) mass is 327 g/mol. The van der Waals surface area contributed by atoms with Crippen molar-refractivity contribution in [3.63, 3.8) is 0 Å². The molecule has 1 aliphatic rings. The molecule has 0 saturated carbocycles. The van der Waals surface area contributed by atoms with Crippen molar-refractivity contribution in [2.45, 2.75) is 12.6 Å². The average Bonchev–Trinajstić information content (AvgIpc) is 2.52. The van der Waals surface area contributed by atoms with Crippen molar-refractivity contribution < 1.29 is 9.53 Å². The first-order valence-corrected chi connectivity index (χ1v) is 7.46. The molecule has 0 spiro atoms. The Morgan fingerprint density at radius 1 is 1.27 bits per heavy atom. The minimum absolute atomic E-state index is 0. The van der Waals surface area contributed by atoms with E-state index in [2.05, 4.69) is 22.3 Å². The van der Waals surface area contributed by atoms with Gasteiger partial charge in [0, 0.05) is 32.7 Å². The molecule has 0 bridgehead atoms. The number of carbonyl (C=O) groups is 1. The number of likely N-dealkylation sites (N-methyl/N-ethyl adjacent to an activating group) is 1. The van der Waals surface area contributed by atoms with E-state index in [1.165, 1.54) is 0 Å². The van der Waals surface area contributed by atoms with Crippen molar-refractivity contribution in [1.29, 1.82) is 0 Å². The number of halogens is 1. The largest absolute Gasteiger partial charge is 0.366 e. The van der Waals surface area contributed by atoms with Crippen LogP contribution in [-0.2, 0) is 16.1 Å². The van der Waals surface area contributed by atoms with Gasteiger partial charge in [0.15, 0.2) is 0 Å². The maximum atomic E-state index is 12.7. The Bertz CT molecular complexity index is 436. The molecule has 1 aliphatic heterocycles. The zero-order chi connectivity index (χ0) is 15.1. The van der Waals surface area contributed by atoms with E-state index in [1.807, 2.05) is 37.2 Å². The highest BCUT2D eigenvalue weighted by atomic mass is 35.5. The Morgan fingerprint density at radius 3 is 2.59 bits per heavy atom. The summed E-state index contributed by atoms with van der Waals surface area (Å²) in [6, 6.07) is 10.1. The third-order valence-electron chi connectivity index (χ3n) is 3.55. The highest BCUT2D eigenvalue weighted by molar-refractivity contribution is 5.85. The molecule has 1 saturated heterocycles. The minimum atomic E-state index is -0.357. The average molecular weight is 328 g/mol. The molecule has 1 aromatic rings. The normalized spacial score (nSPS) is 17.9. The number of hydrogen-bond acceptors (Lipinski definition) is 4. The second-order valence-electron chi connectivity index (χ2n) is 5.61. The number of hydrogen-bond donors (Lipinski definition) is 1. The number of ether oxygens (including phenoxy) is 1. The fourth-order valence-electron chi connectivity index (χ4n) is 2.32. The lowest BCUT2D eigenvalue weighted by atomic mass is 10.2. The molecule has 1 heterocycles. The molecule has 0 radical (unpaired) electrons. The van der Waals surface area contributed by atoms with Crippen LogP contribution < -0.4 is 5.32 Å². The molecule has 0 aliphatic carbocycles. The first kappa shape index (κ1) is 18.9. The highest BCUT2D eigenvalue weighted by Gasteiger charge is 2.26.